The van der Waals surface area contributed by atoms with E-state index in [0.29, 0.717) is 12.8 Å². The molecule has 0 bridgehead atoms. The third-order valence-electron chi connectivity index (χ3n) is 12.1. The molecule has 6 heteroatoms. The predicted molar refractivity (Wildman–Crippen MR) is 238 cm³/mol. The monoisotopic (exact) mass is 782 g/mol. The van der Waals surface area contributed by atoms with Crippen LogP contribution in [0.1, 0.15) is 277 Å². The maximum atomic E-state index is 12.5. The molecular formula is C49H99NO5. The summed E-state index contributed by atoms with van der Waals surface area (Å²) in [5.41, 5.74) is 0. The van der Waals surface area contributed by atoms with Gasteiger partial charge in [0.1, 0.15) is 12.2 Å². The highest BCUT2D eigenvalue weighted by Crippen LogP contribution is 2.18. The number of amides is 1. The Morgan fingerprint density at radius 1 is 0.382 bits per heavy atom. The van der Waals surface area contributed by atoms with Gasteiger partial charge >= 0.3 is 0 Å². The minimum Gasteiger partial charge on any atom is -0.394 e. The number of rotatable bonds is 46. The van der Waals surface area contributed by atoms with Crippen LogP contribution in [0.5, 0.6) is 0 Å². The zero-order valence-corrected chi connectivity index (χ0v) is 37.2. The molecule has 4 unspecified atom stereocenters. The van der Waals surface area contributed by atoms with Crippen LogP contribution >= 0.6 is 0 Å². The van der Waals surface area contributed by atoms with Gasteiger partial charge in [0.25, 0.3) is 0 Å². The Morgan fingerprint density at radius 3 is 0.873 bits per heavy atom. The maximum Gasteiger partial charge on any atom is 0.249 e. The Bertz CT molecular complexity index is 751. The van der Waals surface area contributed by atoms with E-state index in [1.54, 1.807) is 0 Å². The van der Waals surface area contributed by atoms with Crippen LogP contribution in [0.15, 0.2) is 0 Å². The summed E-state index contributed by atoms with van der Waals surface area (Å²) in [6, 6.07) is -0.979. The van der Waals surface area contributed by atoms with Crippen molar-refractivity contribution in [3.63, 3.8) is 0 Å². The van der Waals surface area contributed by atoms with Gasteiger partial charge in [-0.05, 0) is 12.8 Å². The highest BCUT2D eigenvalue weighted by Gasteiger charge is 2.28. The number of carbonyl (C=O) groups excluding carboxylic acids is 1. The van der Waals surface area contributed by atoms with Crippen LogP contribution < -0.4 is 5.32 Å². The summed E-state index contributed by atoms with van der Waals surface area (Å²) < 4.78 is 0. The van der Waals surface area contributed by atoms with Crippen LogP contribution in [-0.4, -0.2) is 57.3 Å². The first-order chi connectivity index (χ1) is 27.0. The number of carbonyl (C=O) groups is 1. The molecular weight excluding hydrogens is 683 g/mol. The summed E-state index contributed by atoms with van der Waals surface area (Å²) in [6.45, 7) is 4.08. The first-order valence-electron chi connectivity index (χ1n) is 24.9. The summed E-state index contributed by atoms with van der Waals surface area (Å²) in [4.78, 5) is 12.5. The van der Waals surface area contributed by atoms with Gasteiger partial charge in [0, 0.05) is 0 Å². The van der Waals surface area contributed by atoms with Crippen LogP contribution in [0.3, 0.4) is 0 Å². The fraction of sp³-hybridized carbons (Fsp3) is 0.980. The molecule has 0 aliphatic rings. The smallest absolute Gasteiger partial charge is 0.249 e. The minimum absolute atomic E-state index is 0.376. The normalized spacial score (nSPS) is 13.9. The Kier molecular flexibility index (Phi) is 43.9. The van der Waals surface area contributed by atoms with E-state index >= 15 is 0 Å². The van der Waals surface area contributed by atoms with Crippen molar-refractivity contribution in [2.75, 3.05) is 6.61 Å². The van der Waals surface area contributed by atoms with Crippen molar-refractivity contribution < 1.29 is 25.2 Å². The standard InChI is InChI=1S/C49H99NO5/c1-3-5-7-9-11-13-15-17-19-21-23-25-27-29-31-33-35-37-39-41-43-47(53)49(55)50-45(44-51)48(54)46(52)42-40-38-36-34-32-30-28-26-24-22-20-18-16-14-12-10-8-6-4-2/h45-48,51-54H,3-44H2,1-2H3,(H,50,55). The maximum absolute atomic E-state index is 12.5. The second-order valence-electron chi connectivity index (χ2n) is 17.5. The molecule has 4 atom stereocenters. The first kappa shape index (κ1) is 54.3. The van der Waals surface area contributed by atoms with E-state index in [1.807, 2.05) is 0 Å². The molecule has 0 aliphatic heterocycles. The lowest BCUT2D eigenvalue weighted by atomic mass is 9.99. The van der Waals surface area contributed by atoms with E-state index in [-0.39, 0.29) is 0 Å². The fourth-order valence-electron chi connectivity index (χ4n) is 8.11. The van der Waals surface area contributed by atoms with Gasteiger partial charge in [-0.25, -0.2) is 0 Å². The number of unbranched alkanes of at least 4 members (excludes halogenated alkanes) is 37. The second kappa shape index (κ2) is 44.4. The number of aliphatic hydroxyl groups excluding tert-OH is 4. The van der Waals surface area contributed by atoms with Gasteiger partial charge in [0.2, 0.25) is 5.91 Å². The molecule has 0 spiro atoms. The third kappa shape index (κ3) is 38.6. The molecule has 0 saturated heterocycles. The Balaban J connectivity index is 3.64. The average Bonchev–Trinajstić information content (AvgIpc) is 3.19. The molecule has 6 nitrogen and oxygen atoms in total. The van der Waals surface area contributed by atoms with Crippen molar-refractivity contribution in [2.24, 2.45) is 0 Å². The molecule has 0 heterocycles. The van der Waals surface area contributed by atoms with Crippen LogP contribution in [0.4, 0.5) is 0 Å². The highest BCUT2D eigenvalue weighted by atomic mass is 16.3. The van der Waals surface area contributed by atoms with E-state index < -0.39 is 36.9 Å². The van der Waals surface area contributed by atoms with E-state index in [2.05, 4.69) is 19.2 Å². The second-order valence-corrected chi connectivity index (χ2v) is 17.5. The van der Waals surface area contributed by atoms with Gasteiger partial charge < -0.3 is 25.7 Å². The summed E-state index contributed by atoms with van der Waals surface area (Å²) in [5, 5.41) is 43.9. The van der Waals surface area contributed by atoms with Crippen molar-refractivity contribution in [3.8, 4) is 0 Å². The summed E-state index contributed by atoms with van der Waals surface area (Å²) in [5.74, 6) is -0.577. The van der Waals surface area contributed by atoms with E-state index in [9.17, 15) is 25.2 Å². The van der Waals surface area contributed by atoms with Crippen molar-refractivity contribution in [1.29, 1.82) is 0 Å². The Labute approximate surface area is 343 Å². The fourth-order valence-corrected chi connectivity index (χ4v) is 8.11. The number of hydrogen-bond acceptors (Lipinski definition) is 5. The lowest BCUT2D eigenvalue weighted by Crippen LogP contribution is -2.53. The third-order valence-corrected chi connectivity index (χ3v) is 12.1. The molecule has 55 heavy (non-hydrogen) atoms. The Morgan fingerprint density at radius 2 is 0.618 bits per heavy atom. The van der Waals surface area contributed by atoms with Crippen LogP contribution in [0.25, 0.3) is 0 Å². The van der Waals surface area contributed by atoms with Gasteiger partial charge in [-0.3, -0.25) is 4.79 Å². The van der Waals surface area contributed by atoms with Gasteiger partial charge in [0.05, 0.1) is 18.8 Å². The SMILES string of the molecule is CCCCCCCCCCCCCCCCCCCCCCC(O)C(=O)NC(CO)C(O)C(O)CCCCCCCCCCCCCCCCCCCCC. The van der Waals surface area contributed by atoms with Crippen molar-refractivity contribution in [1.82, 2.24) is 5.32 Å². The zero-order chi connectivity index (χ0) is 40.3. The molecule has 0 rings (SSSR count). The number of aliphatic hydroxyl groups is 4. The molecule has 0 aromatic heterocycles. The van der Waals surface area contributed by atoms with Gasteiger partial charge in [-0.1, -0.05) is 264 Å². The van der Waals surface area contributed by atoms with E-state index in [4.69, 9.17) is 0 Å². The lowest BCUT2D eigenvalue weighted by Gasteiger charge is -2.27. The quantitative estimate of drug-likeness (QED) is 0.0395. The topological polar surface area (TPSA) is 110 Å². The molecule has 0 aromatic carbocycles. The summed E-state index contributed by atoms with van der Waals surface area (Å²) >= 11 is 0. The van der Waals surface area contributed by atoms with Crippen LogP contribution in [0, 0.1) is 0 Å². The van der Waals surface area contributed by atoms with E-state index in [1.165, 1.54) is 212 Å². The van der Waals surface area contributed by atoms with Crippen molar-refractivity contribution in [3.05, 3.63) is 0 Å². The molecule has 0 fully saturated rings. The molecule has 330 valence electrons. The highest BCUT2D eigenvalue weighted by molar-refractivity contribution is 5.80. The van der Waals surface area contributed by atoms with Gasteiger partial charge in [0.15, 0.2) is 0 Å². The van der Waals surface area contributed by atoms with E-state index in [0.717, 1.165) is 38.5 Å². The number of hydrogen-bond donors (Lipinski definition) is 5. The minimum atomic E-state index is -1.25. The largest absolute Gasteiger partial charge is 0.394 e. The Hall–Kier alpha value is -0.690. The van der Waals surface area contributed by atoms with Crippen molar-refractivity contribution >= 4 is 5.91 Å². The lowest BCUT2D eigenvalue weighted by molar-refractivity contribution is -0.132. The van der Waals surface area contributed by atoms with Crippen LogP contribution in [0.2, 0.25) is 0 Å². The van der Waals surface area contributed by atoms with Gasteiger partial charge in [-0.2, -0.15) is 0 Å². The van der Waals surface area contributed by atoms with Crippen LogP contribution in [-0.2, 0) is 4.79 Å². The molecule has 0 saturated carbocycles. The summed E-state index contributed by atoms with van der Waals surface area (Å²) in [6.07, 6.45) is 48.6. The molecule has 5 N–H and O–H groups in total. The summed E-state index contributed by atoms with van der Waals surface area (Å²) in [7, 11) is 0. The molecule has 0 aromatic rings. The molecule has 0 radical (unpaired) electrons. The zero-order valence-electron chi connectivity index (χ0n) is 37.2. The average molecular weight is 782 g/mol. The first-order valence-corrected chi connectivity index (χ1v) is 24.9. The molecule has 0 aliphatic carbocycles. The number of nitrogens with one attached hydrogen (secondary N) is 1. The molecule has 1 amide bonds. The van der Waals surface area contributed by atoms with Gasteiger partial charge in [-0.15, -0.1) is 0 Å². The van der Waals surface area contributed by atoms with Crippen molar-refractivity contribution in [2.45, 2.75) is 301 Å². The predicted octanol–water partition coefficient (Wildman–Crippen LogP) is 13.6.